The van der Waals surface area contributed by atoms with E-state index in [1.165, 1.54) is 49.8 Å². The van der Waals surface area contributed by atoms with Crippen LogP contribution in [-0.4, -0.2) is 9.67 Å². The van der Waals surface area contributed by atoms with Gasteiger partial charge in [-0.1, -0.05) is 33.6 Å². The van der Waals surface area contributed by atoms with Crippen LogP contribution in [0, 0.1) is 11.3 Å². The minimum atomic E-state index is -0.263. The Labute approximate surface area is 129 Å². The number of fused-ring (bicyclic) bond motifs is 1. The Morgan fingerprint density at radius 3 is 2.62 bits per heavy atom. The molecule has 3 rings (SSSR count). The van der Waals surface area contributed by atoms with Crippen LogP contribution < -0.4 is 0 Å². The first kappa shape index (κ1) is 15.1. The van der Waals surface area contributed by atoms with Gasteiger partial charge in [0.15, 0.2) is 0 Å². The van der Waals surface area contributed by atoms with E-state index in [4.69, 9.17) is 0 Å². The van der Waals surface area contributed by atoms with Crippen molar-refractivity contribution >= 4 is 0 Å². The molecule has 2 aliphatic carbocycles. The van der Waals surface area contributed by atoms with Crippen molar-refractivity contribution in [3.8, 4) is 0 Å². The molecule has 2 heteroatoms. The van der Waals surface area contributed by atoms with Gasteiger partial charge in [0.25, 0.3) is 0 Å². The molecule has 1 aromatic heterocycles. The molecule has 1 fully saturated rings. The summed E-state index contributed by atoms with van der Waals surface area (Å²) in [4.78, 5) is 0. The van der Waals surface area contributed by atoms with Crippen LogP contribution in [-0.2, 0) is 6.42 Å². The molecule has 0 aromatic carbocycles. The number of aliphatic hydroxyl groups excluding tert-OH is 1. The number of aromatic nitrogens is 1. The highest BCUT2D eigenvalue weighted by molar-refractivity contribution is 5.29. The quantitative estimate of drug-likeness (QED) is 0.830. The summed E-state index contributed by atoms with van der Waals surface area (Å²) in [6.07, 6.45) is 12.1. The fourth-order valence-corrected chi connectivity index (χ4v) is 4.61. The van der Waals surface area contributed by atoms with Crippen molar-refractivity contribution in [3.63, 3.8) is 0 Å². The number of hydrogen-bond donors (Lipinski definition) is 1. The van der Waals surface area contributed by atoms with Crippen molar-refractivity contribution in [2.75, 3.05) is 0 Å². The standard InChI is InChI=1S/C19H31NO/c1-4-5-14-6-8-15(9-7-14)20-11-10-16-17(20)12-19(2,3)13-18(16)21/h10-11,14-15,18,21H,4-9,12-13H2,1-3H3. The average Bonchev–Trinajstić information content (AvgIpc) is 2.82. The predicted octanol–water partition coefficient (Wildman–Crippen LogP) is 5.03. The normalized spacial score (nSPS) is 31.9. The predicted molar refractivity (Wildman–Crippen MR) is 87.4 cm³/mol. The lowest BCUT2D eigenvalue weighted by atomic mass is 9.75. The Balaban J connectivity index is 1.76. The summed E-state index contributed by atoms with van der Waals surface area (Å²) in [5, 5.41) is 10.4. The molecule has 2 aliphatic rings. The van der Waals surface area contributed by atoms with Crippen LogP contribution in [0.2, 0.25) is 0 Å². The van der Waals surface area contributed by atoms with E-state index >= 15 is 0 Å². The smallest absolute Gasteiger partial charge is 0.0812 e. The van der Waals surface area contributed by atoms with Gasteiger partial charge >= 0.3 is 0 Å². The van der Waals surface area contributed by atoms with Gasteiger partial charge in [-0.25, -0.2) is 0 Å². The summed E-state index contributed by atoms with van der Waals surface area (Å²) >= 11 is 0. The molecule has 118 valence electrons. The summed E-state index contributed by atoms with van der Waals surface area (Å²) in [6, 6.07) is 2.84. The fraction of sp³-hybridized carbons (Fsp3) is 0.789. The van der Waals surface area contributed by atoms with E-state index in [0.717, 1.165) is 18.8 Å². The minimum absolute atomic E-state index is 0.224. The van der Waals surface area contributed by atoms with Gasteiger partial charge in [-0.3, -0.25) is 0 Å². The van der Waals surface area contributed by atoms with Crippen molar-refractivity contribution in [1.82, 2.24) is 4.57 Å². The zero-order valence-corrected chi connectivity index (χ0v) is 13.9. The summed E-state index contributed by atoms with van der Waals surface area (Å²) < 4.78 is 2.52. The molecule has 1 atom stereocenters. The van der Waals surface area contributed by atoms with Crippen LogP contribution in [0.1, 0.15) is 89.1 Å². The van der Waals surface area contributed by atoms with E-state index < -0.39 is 0 Å². The largest absolute Gasteiger partial charge is 0.388 e. The maximum Gasteiger partial charge on any atom is 0.0812 e. The SMILES string of the molecule is CCCC1CCC(n2ccc3c2CC(C)(C)CC3O)CC1. The highest BCUT2D eigenvalue weighted by atomic mass is 16.3. The molecular weight excluding hydrogens is 258 g/mol. The Morgan fingerprint density at radius 2 is 1.95 bits per heavy atom. The maximum absolute atomic E-state index is 10.4. The summed E-state index contributed by atoms with van der Waals surface area (Å²) in [5.74, 6) is 0.958. The van der Waals surface area contributed by atoms with Crippen molar-refractivity contribution in [2.45, 2.75) is 84.3 Å². The zero-order chi connectivity index (χ0) is 15.0. The Morgan fingerprint density at radius 1 is 1.24 bits per heavy atom. The molecule has 21 heavy (non-hydrogen) atoms. The van der Waals surface area contributed by atoms with Gasteiger partial charge in [0.2, 0.25) is 0 Å². The minimum Gasteiger partial charge on any atom is -0.388 e. The third-order valence-electron chi connectivity index (χ3n) is 5.72. The molecule has 1 aromatic rings. The first-order chi connectivity index (χ1) is 10.00. The zero-order valence-electron chi connectivity index (χ0n) is 13.9. The van der Waals surface area contributed by atoms with Gasteiger partial charge < -0.3 is 9.67 Å². The molecule has 0 amide bonds. The van der Waals surface area contributed by atoms with Gasteiger partial charge in [0.1, 0.15) is 0 Å². The van der Waals surface area contributed by atoms with Crippen LogP contribution in [0.15, 0.2) is 12.3 Å². The summed E-state index contributed by atoms with van der Waals surface area (Å²) in [6.45, 7) is 6.88. The molecule has 1 saturated carbocycles. The summed E-state index contributed by atoms with van der Waals surface area (Å²) in [7, 11) is 0. The fourth-order valence-electron chi connectivity index (χ4n) is 4.61. The second-order valence-electron chi connectivity index (χ2n) is 8.15. The first-order valence-corrected chi connectivity index (χ1v) is 8.88. The van der Waals surface area contributed by atoms with E-state index in [-0.39, 0.29) is 11.5 Å². The average molecular weight is 289 g/mol. The van der Waals surface area contributed by atoms with Crippen molar-refractivity contribution in [1.29, 1.82) is 0 Å². The van der Waals surface area contributed by atoms with E-state index in [0.29, 0.717) is 6.04 Å². The second-order valence-corrected chi connectivity index (χ2v) is 8.15. The highest BCUT2D eigenvalue weighted by Crippen LogP contribution is 2.44. The van der Waals surface area contributed by atoms with Crippen LogP contribution >= 0.6 is 0 Å². The van der Waals surface area contributed by atoms with E-state index in [2.05, 4.69) is 37.6 Å². The molecule has 0 aliphatic heterocycles. The lowest BCUT2D eigenvalue weighted by molar-refractivity contribution is 0.0967. The Hall–Kier alpha value is -0.760. The topological polar surface area (TPSA) is 25.2 Å². The first-order valence-electron chi connectivity index (χ1n) is 8.88. The number of aliphatic hydroxyl groups is 1. The molecule has 0 bridgehead atoms. The van der Waals surface area contributed by atoms with Gasteiger partial charge in [0.05, 0.1) is 6.10 Å². The second kappa shape index (κ2) is 5.79. The third kappa shape index (κ3) is 3.06. The molecular formula is C19H31NO. The van der Waals surface area contributed by atoms with Crippen molar-refractivity contribution in [3.05, 3.63) is 23.5 Å². The third-order valence-corrected chi connectivity index (χ3v) is 5.72. The monoisotopic (exact) mass is 289 g/mol. The lowest BCUT2D eigenvalue weighted by Crippen LogP contribution is -2.28. The van der Waals surface area contributed by atoms with E-state index in [1.54, 1.807) is 0 Å². The van der Waals surface area contributed by atoms with Crippen molar-refractivity contribution in [2.24, 2.45) is 11.3 Å². The van der Waals surface area contributed by atoms with Gasteiger partial charge in [0, 0.05) is 23.5 Å². The van der Waals surface area contributed by atoms with Crippen LogP contribution in [0.3, 0.4) is 0 Å². The van der Waals surface area contributed by atoms with Crippen LogP contribution in [0.4, 0.5) is 0 Å². The Bertz CT molecular complexity index is 480. The van der Waals surface area contributed by atoms with Gasteiger partial charge in [-0.2, -0.15) is 0 Å². The number of nitrogens with zero attached hydrogens (tertiary/aromatic N) is 1. The molecule has 0 saturated heterocycles. The van der Waals surface area contributed by atoms with E-state index in [1.807, 2.05) is 0 Å². The number of rotatable bonds is 3. The highest BCUT2D eigenvalue weighted by Gasteiger charge is 2.34. The molecule has 0 spiro atoms. The van der Waals surface area contributed by atoms with E-state index in [9.17, 15) is 5.11 Å². The Kier molecular flexibility index (Phi) is 4.18. The van der Waals surface area contributed by atoms with Gasteiger partial charge in [-0.15, -0.1) is 0 Å². The lowest BCUT2D eigenvalue weighted by Gasteiger charge is -2.36. The molecule has 0 radical (unpaired) electrons. The van der Waals surface area contributed by atoms with Crippen LogP contribution in [0.5, 0.6) is 0 Å². The molecule has 2 nitrogen and oxygen atoms in total. The maximum atomic E-state index is 10.4. The molecule has 1 heterocycles. The molecule has 1 unspecified atom stereocenters. The molecule has 1 N–H and O–H groups in total. The number of hydrogen-bond acceptors (Lipinski definition) is 1. The van der Waals surface area contributed by atoms with Crippen molar-refractivity contribution < 1.29 is 5.11 Å². The van der Waals surface area contributed by atoms with Gasteiger partial charge in [-0.05, 0) is 55.9 Å². The summed E-state index contributed by atoms with van der Waals surface area (Å²) in [5.41, 5.74) is 2.84. The van der Waals surface area contributed by atoms with Crippen LogP contribution in [0.25, 0.3) is 0 Å².